The Hall–Kier alpha value is -0.340. The van der Waals surface area contributed by atoms with E-state index in [2.05, 4.69) is 25.3 Å². The van der Waals surface area contributed by atoms with Gasteiger partial charge in [0, 0.05) is 13.7 Å². The van der Waals surface area contributed by atoms with Gasteiger partial charge in [0.2, 0.25) is 0 Å². The second kappa shape index (κ2) is 8.13. The first-order valence-corrected chi connectivity index (χ1v) is 10.9. The standard InChI is InChI=1S/C22H36O.CH5N/c1-4-17-7-10-21-20-9-6-16-13-15(14-23-3)5-8-18(16)19(20)11-12-22(17,21)2;1-2/h4,15-21H,1,5-14H2,2-3H3;2H2,1H3. The summed E-state index contributed by atoms with van der Waals surface area (Å²) in [5.74, 6) is 6.81. The molecule has 2 N–H and O–H groups in total. The van der Waals surface area contributed by atoms with E-state index in [0.29, 0.717) is 5.41 Å². The summed E-state index contributed by atoms with van der Waals surface area (Å²) in [7, 11) is 3.38. The fourth-order valence-corrected chi connectivity index (χ4v) is 7.77. The maximum Gasteiger partial charge on any atom is 0.0490 e. The van der Waals surface area contributed by atoms with Crippen LogP contribution in [0.5, 0.6) is 0 Å². The van der Waals surface area contributed by atoms with Crippen molar-refractivity contribution in [1.29, 1.82) is 0 Å². The average molecular weight is 348 g/mol. The van der Waals surface area contributed by atoms with E-state index in [-0.39, 0.29) is 0 Å². The van der Waals surface area contributed by atoms with Crippen LogP contribution in [-0.2, 0) is 4.74 Å². The minimum absolute atomic E-state index is 0.586. The van der Waals surface area contributed by atoms with E-state index < -0.39 is 0 Å². The fraction of sp³-hybridized carbons (Fsp3) is 0.913. The van der Waals surface area contributed by atoms with E-state index in [1.165, 1.54) is 64.8 Å². The Bertz CT molecular complexity index is 449. The fourth-order valence-electron chi connectivity index (χ4n) is 7.77. The van der Waals surface area contributed by atoms with Crippen molar-refractivity contribution in [2.45, 2.75) is 64.7 Å². The van der Waals surface area contributed by atoms with E-state index in [4.69, 9.17) is 4.74 Å². The Morgan fingerprint density at radius 1 is 1.00 bits per heavy atom. The van der Waals surface area contributed by atoms with Crippen LogP contribution in [0, 0.1) is 46.8 Å². The van der Waals surface area contributed by atoms with Crippen molar-refractivity contribution in [2.75, 3.05) is 20.8 Å². The van der Waals surface area contributed by atoms with Gasteiger partial charge in [0.25, 0.3) is 0 Å². The van der Waals surface area contributed by atoms with Gasteiger partial charge in [-0.3, -0.25) is 0 Å². The molecule has 4 rings (SSSR count). The van der Waals surface area contributed by atoms with Crippen molar-refractivity contribution in [3.8, 4) is 0 Å². The molecular weight excluding hydrogens is 306 g/mol. The smallest absolute Gasteiger partial charge is 0.0490 e. The lowest BCUT2D eigenvalue weighted by Crippen LogP contribution is -2.48. The molecule has 0 spiro atoms. The van der Waals surface area contributed by atoms with Crippen molar-refractivity contribution in [2.24, 2.45) is 52.6 Å². The van der Waals surface area contributed by atoms with Crippen molar-refractivity contribution < 1.29 is 4.74 Å². The number of hydrogen-bond donors (Lipinski definition) is 1. The van der Waals surface area contributed by atoms with Gasteiger partial charge in [0.15, 0.2) is 0 Å². The highest BCUT2D eigenvalue weighted by Gasteiger charge is 2.56. The van der Waals surface area contributed by atoms with Crippen LogP contribution in [0.2, 0.25) is 0 Å². The van der Waals surface area contributed by atoms with Gasteiger partial charge in [-0.2, -0.15) is 0 Å². The predicted octanol–water partition coefficient (Wildman–Crippen LogP) is 5.28. The van der Waals surface area contributed by atoms with Gasteiger partial charge >= 0.3 is 0 Å². The molecule has 0 heterocycles. The monoisotopic (exact) mass is 347 g/mol. The number of rotatable bonds is 3. The van der Waals surface area contributed by atoms with Crippen LogP contribution in [-0.4, -0.2) is 20.8 Å². The maximum atomic E-state index is 5.45. The molecule has 0 aromatic heterocycles. The van der Waals surface area contributed by atoms with Crippen LogP contribution >= 0.6 is 0 Å². The molecule has 8 atom stereocenters. The van der Waals surface area contributed by atoms with Gasteiger partial charge in [-0.15, -0.1) is 6.58 Å². The Balaban J connectivity index is 0.000000880. The number of ether oxygens (including phenoxy) is 1. The van der Waals surface area contributed by atoms with E-state index >= 15 is 0 Å². The number of nitrogens with two attached hydrogens (primary N) is 1. The predicted molar refractivity (Wildman–Crippen MR) is 106 cm³/mol. The molecule has 0 bridgehead atoms. The molecule has 0 aliphatic heterocycles. The van der Waals surface area contributed by atoms with Gasteiger partial charge in [-0.25, -0.2) is 0 Å². The molecule has 4 fully saturated rings. The molecule has 4 saturated carbocycles. The van der Waals surface area contributed by atoms with Crippen molar-refractivity contribution >= 4 is 0 Å². The lowest BCUT2D eigenvalue weighted by molar-refractivity contribution is -0.0675. The minimum Gasteiger partial charge on any atom is -0.384 e. The molecule has 2 heteroatoms. The molecule has 0 amide bonds. The van der Waals surface area contributed by atoms with Crippen LogP contribution in [0.1, 0.15) is 64.7 Å². The molecule has 0 aromatic carbocycles. The van der Waals surface area contributed by atoms with Gasteiger partial charge in [0.05, 0.1) is 0 Å². The second-order valence-electron chi connectivity index (χ2n) is 9.53. The summed E-state index contributed by atoms with van der Waals surface area (Å²) < 4.78 is 5.45. The molecule has 0 saturated heterocycles. The topological polar surface area (TPSA) is 35.2 Å². The van der Waals surface area contributed by atoms with Crippen molar-refractivity contribution in [3.63, 3.8) is 0 Å². The maximum absolute atomic E-state index is 5.45. The zero-order valence-corrected chi connectivity index (χ0v) is 16.9. The van der Waals surface area contributed by atoms with E-state index in [0.717, 1.165) is 48.0 Å². The summed E-state index contributed by atoms with van der Waals surface area (Å²) in [6, 6.07) is 0. The molecule has 8 unspecified atom stereocenters. The number of fused-ring (bicyclic) bond motifs is 5. The average Bonchev–Trinajstić information content (AvgIpc) is 2.99. The van der Waals surface area contributed by atoms with E-state index in [1.807, 2.05) is 7.11 Å². The highest BCUT2D eigenvalue weighted by atomic mass is 16.5. The van der Waals surface area contributed by atoms with Crippen LogP contribution < -0.4 is 5.73 Å². The minimum atomic E-state index is 0.586. The quantitative estimate of drug-likeness (QED) is 0.705. The van der Waals surface area contributed by atoms with Crippen LogP contribution in [0.3, 0.4) is 0 Å². The van der Waals surface area contributed by atoms with Crippen LogP contribution in [0.25, 0.3) is 0 Å². The highest BCUT2D eigenvalue weighted by Crippen LogP contribution is 2.64. The third-order valence-electron chi connectivity index (χ3n) is 8.82. The lowest BCUT2D eigenvalue weighted by atomic mass is 9.49. The summed E-state index contributed by atoms with van der Waals surface area (Å²) in [4.78, 5) is 0. The van der Waals surface area contributed by atoms with E-state index in [1.54, 1.807) is 0 Å². The third-order valence-corrected chi connectivity index (χ3v) is 8.82. The molecule has 4 aliphatic rings. The second-order valence-corrected chi connectivity index (χ2v) is 9.53. The first-order chi connectivity index (χ1) is 12.2. The Labute approximate surface area is 156 Å². The molecule has 144 valence electrons. The highest BCUT2D eigenvalue weighted by molar-refractivity contribution is 5.09. The largest absolute Gasteiger partial charge is 0.384 e. The van der Waals surface area contributed by atoms with Crippen LogP contribution in [0.15, 0.2) is 12.7 Å². The summed E-state index contributed by atoms with van der Waals surface area (Å²) in [6.07, 6.45) is 15.6. The molecule has 0 radical (unpaired) electrons. The molecule has 25 heavy (non-hydrogen) atoms. The number of allylic oxidation sites excluding steroid dienone is 1. The first-order valence-electron chi connectivity index (χ1n) is 10.9. The van der Waals surface area contributed by atoms with Gasteiger partial charge in [-0.1, -0.05) is 13.0 Å². The van der Waals surface area contributed by atoms with Crippen molar-refractivity contribution in [3.05, 3.63) is 12.7 Å². The molecule has 2 nitrogen and oxygen atoms in total. The third kappa shape index (κ3) is 3.34. The molecule has 0 aromatic rings. The van der Waals surface area contributed by atoms with Gasteiger partial charge in [0.1, 0.15) is 0 Å². The summed E-state index contributed by atoms with van der Waals surface area (Å²) in [5, 5.41) is 0. The summed E-state index contributed by atoms with van der Waals surface area (Å²) in [5.41, 5.74) is 5.09. The lowest BCUT2D eigenvalue weighted by Gasteiger charge is -2.56. The Morgan fingerprint density at radius 2 is 1.76 bits per heavy atom. The normalized spacial score (nSPS) is 48.4. The molecule has 4 aliphatic carbocycles. The number of hydrogen-bond acceptors (Lipinski definition) is 2. The number of methoxy groups -OCH3 is 1. The Morgan fingerprint density at radius 3 is 2.48 bits per heavy atom. The molecular formula is C23H41NO. The van der Waals surface area contributed by atoms with Crippen LogP contribution in [0.4, 0.5) is 0 Å². The van der Waals surface area contributed by atoms with Crippen molar-refractivity contribution in [1.82, 2.24) is 0 Å². The zero-order valence-electron chi connectivity index (χ0n) is 16.9. The van der Waals surface area contributed by atoms with E-state index in [9.17, 15) is 0 Å². The SMILES string of the molecule is C=CC1CCC2C3CCC4CC(COC)CCC4C3CCC12C.CN. The van der Waals surface area contributed by atoms with Gasteiger partial charge < -0.3 is 10.5 Å². The first kappa shape index (κ1) is 19.4. The zero-order chi connectivity index (χ0) is 18.0. The Kier molecular flexibility index (Phi) is 6.31. The van der Waals surface area contributed by atoms with Gasteiger partial charge in [-0.05, 0) is 112 Å². The summed E-state index contributed by atoms with van der Waals surface area (Å²) >= 11 is 0. The summed E-state index contributed by atoms with van der Waals surface area (Å²) in [6.45, 7) is 7.77.